The number of carbonyl (C=O) groups excluding carboxylic acids is 1. The van der Waals surface area contributed by atoms with Crippen molar-refractivity contribution in [3.63, 3.8) is 0 Å². The van der Waals surface area contributed by atoms with Gasteiger partial charge in [0.2, 0.25) is 10.0 Å². The number of morpholine rings is 1. The molecule has 0 spiro atoms. The Hall–Kier alpha value is -2.82. The molecule has 1 saturated heterocycles. The van der Waals surface area contributed by atoms with Crippen molar-refractivity contribution in [2.75, 3.05) is 53.2 Å². The summed E-state index contributed by atoms with van der Waals surface area (Å²) >= 11 is 0. The molecule has 0 unspecified atom stereocenters. The van der Waals surface area contributed by atoms with Crippen LogP contribution < -0.4 is 14.2 Å². The van der Waals surface area contributed by atoms with E-state index in [2.05, 4.69) is 0 Å². The molecule has 1 aliphatic rings. The lowest BCUT2D eigenvalue weighted by Gasteiger charge is -2.26. The zero-order valence-corrected chi connectivity index (χ0v) is 19.6. The molecular weight excluding hydrogens is 450 g/mol. The molecule has 0 radical (unpaired) electrons. The smallest absolute Gasteiger partial charge is 0.338 e. The van der Waals surface area contributed by atoms with Gasteiger partial charge in [-0.1, -0.05) is 6.92 Å². The molecule has 0 bridgehead atoms. The number of sulfonamides is 1. The summed E-state index contributed by atoms with van der Waals surface area (Å²) in [7, 11) is -2.47. The average molecular weight is 480 g/mol. The van der Waals surface area contributed by atoms with Gasteiger partial charge in [-0.2, -0.15) is 4.31 Å². The lowest BCUT2D eigenvalue weighted by Crippen LogP contribution is -2.40. The van der Waals surface area contributed by atoms with Gasteiger partial charge in [0.05, 0.1) is 32.5 Å². The van der Waals surface area contributed by atoms with Crippen LogP contribution in [0, 0.1) is 0 Å². The van der Waals surface area contributed by atoms with E-state index >= 15 is 0 Å². The molecule has 1 fully saturated rings. The van der Waals surface area contributed by atoms with Crippen LogP contribution in [-0.4, -0.2) is 71.9 Å². The summed E-state index contributed by atoms with van der Waals surface area (Å²) in [4.78, 5) is 12.4. The first-order valence-electron chi connectivity index (χ1n) is 10.7. The van der Waals surface area contributed by atoms with Gasteiger partial charge in [0.25, 0.3) is 0 Å². The number of nitrogens with zero attached hydrogens (tertiary/aromatic N) is 1. The second-order valence-electron chi connectivity index (χ2n) is 7.19. The molecule has 9 nitrogen and oxygen atoms in total. The van der Waals surface area contributed by atoms with Crippen molar-refractivity contribution in [3.8, 4) is 17.2 Å². The van der Waals surface area contributed by atoms with Crippen LogP contribution in [0.15, 0.2) is 47.4 Å². The van der Waals surface area contributed by atoms with E-state index in [9.17, 15) is 13.2 Å². The molecule has 0 amide bonds. The van der Waals surface area contributed by atoms with E-state index < -0.39 is 16.0 Å². The van der Waals surface area contributed by atoms with E-state index in [1.165, 1.54) is 29.6 Å². The van der Waals surface area contributed by atoms with Gasteiger partial charge in [0, 0.05) is 13.1 Å². The Labute approximate surface area is 194 Å². The van der Waals surface area contributed by atoms with Crippen LogP contribution in [0.1, 0.15) is 23.7 Å². The third kappa shape index (κ3) is 6.59. The molecule has 0 N–H and O–H groups in total. The predicted octanol–water partition coefficient (Wildman–Crippen LogP) is 2.74. The molecule has 0 saturated carbocycles. The van der Waals surface area contributed by atoms with Gasteiger partial charge >= 0.3 is 5.97 Å². The van der Waals surface area contributed by atoms with E-state index in [-0.39, 0.29) is 42.5 Å². The van der Waals surface area contributed by atoms with E-state index in [0.717, 1.165) is 12.2 Å². The fraction of sp³-hybridized carbons (Fsp3) is 0.435. The molecular formula is C23H29NO8S. The summed E-state index contributed by atoms with van der Waals surface area (Å²) in [5.74, 6) is 0.895. The first kappa shape index (κ1) is 24.8. The van der Waals surface area contributed by atoms with Gasteiger partial charge in [-0.3, -0.25) is 0 Å². The second-order valence-corrected chi connectivity index (χ2v) is 9.09. The summed E-state index contributed by atoms with van der Waals surface area (Å²) in [6, 6.07) is 11.4. The Morgan fingerprint density at radius 2 is 1.61 bits per heavy atom. The quantitative estimate of drug-likeness (QED) is 0.358. The van der Waals surface area contributed by atoms with Crippen molar-refractivity contribution in [2.24, 2.45) is 0 Å². The van der Waals surface area contributed by atoms with Crippen LogP contribution in [-0.2, 0) is 19.5 Å². The molecule has 1 heterocycles. The minimum absolute atomic E-state index is 0.00446. The van der Waals surface area contributed by atoms with Crippen LogP contribution in [0.5, 0.6) is 17.2 Å². The highest BCUT2D eigenvalue weighted by molar-refractivity contribution is 7.89. The maximum absolute atomic E-state index is 13.1. The lowest BCUT2D eigenvalue weighted by molar-refractivity contribution is 0.0450. The Bertz CT molecular complexity index is 1020. The van der Waals surface area contributed by atoms with Gasteiger partial charge in [-0.15, -0.1) is 0 Å². The van der Waals surface area contributed by atoms with Crippen LogP contribution >= 0.6 is 0 Å². The molecule has 0 aliphatic carbocycles. The number of hydrogen-bond donors (Lipinski definition) is 0. The van der Waals surface area contributed by atoms with E-state index in [4.69, 9.17) is 23.7 Å². The third-order valence-electron chi connectivity index (χ3n) is 4.87. The van der Waals surface area contributed by atoms with Crippen LogP contribution in [0.3, 0.4) is 0 Å². The average Bonchev–Trinajstić information content (AvgIpc) is 2.86. The standard InChI is InChI=1S/C23H29NO8S/c1-3-12-30-19-5-7-20(8-6-19)31-15-16-32-23(25)18-4-9-21(28-2)22(17-18)33(26,27)24-10-13-29-14-11-24/h4-9,17H,3,10-16H2,1-2H3. The Balaban J connectivity index is 1.58. The van der Waals surface area contributed by atoms with Crippen LogP contribution in [0.4, 0.5) is 0 Å². The molecule has 3 rings (SSSR count). The first-order valence-corrected chi connectivity index (χ1v) is 12.2. The molecule has 180 valence electrons. The maximum atomic E-state index is 13.1. The topological polar surface area (TPSA) is 101 Å². The molecule has 10 heteroatoms. The molecule has 0 aromatic heterocycles. The number of hydrogen-bond acceptors (Lipinski definition) is 8. The van der Waals surface area contributed by atoms with Gasteiger partial charge in [-0.25, -0.2) is 13.2 Å². The van der Waals surface area contributed by atoms with Gasteiger partial charge in [0.15, 0.2) is 0 Å². The Kier molecular flexibility index (Phi) is 8.93. The van der Waals surface area contributed by atoms with Crippen molar-refractivity contribution in [1.82, 2.24) is 4.31 Å². The summed E-state index contributed by atoms with van der Waals surface area (Å²) in [5.41, 5.74) is 0.111. The first-order chi connectivity index (χ1) is 16.0. The lowest BCUT2D eigenvalue weighted by atomic mass is 10.2. The van der Waals surface area contributed by atoms with Gasteiger partial charge in [0.1, 0.15) is 35.4 Å². The highest BCUT2D eigenvalue weighted by Gasteiger charge is 2.30. The van der Waals surface area contributed by atoms with Gasteiger partial charge in [-0.05, 0) is 48.9 Å². The van der Waals surface area contributed by atoms with E-state index in [1.54, 1.807) is 12.1 Å². The Morgan fingerprint density at radius 3 is 2.21 bits per heavy atom. The van der Waals surface area contributed by atoms with Crippen LogP contribution in [0.25, 0.3) is 0 Å². The highest BCUT2D eigenvalue weighted by atomic mass is 32.2. The van der Waals surface area contributed by atoms with Crippen molar-refractivity contribution >= 4 is 16.0 Å². The molecule has 33 heavy (non-hydrogen) atoms. The largest absolute Gasteiger partial charge is 0.495 e. The zero-order chi connectivity index (χ0) is 23.7. The summed E-state index contributed by atoms with van der Waals surface area (Å²) < 4.78 is 54.2. The minimum Gasteiger partial charge on any atom is -0.495 e. The number of esters is 1. The monoisotopic (exact) mass is 479 g/mol. The minimum atomic E-state index is -3.85. The number of methoxy groups -OCH3 is 1. The molecule has 2 aromatic carbocycles. The fourth-order valence-electron chi connectivity index (χ4n) is 3.16. The van der Waals surface area contributed by atoms with Crippen molar-refractivity contribution < 1.29 is 36.9 Å². The second kappa shape index (κ2) is 11.9. The third-order valence-corrected chi connectivity index (χ3v) is 6.79. The SMILES string of the molecule is CCCOc1ccc(OCCOC(=O)c2ccc(OC)c(S(=O)(=O)N3CCOCC3)c2)cc1. The van der Waals surface area contributed by atoms with Crippen molar-refractivity contribution in [2.45, 2.75) is 18.2 Å². The van der Waals surface area contributed by atoms with Crippen molar-refractivity contribution in [3.05, 3.63) is 48.0 Å². The van der Waals surface area contributed by atoms with Gasteiger partial charge < -0.3 is 23.7 Å². The normalized spacial score (nSPS) is 14.5. The maximum Gasteiger partial charge on any atom is 0.338 e. The summed E-state index contributed by atoms with van der Waals surface area (Å²) in [6.07, 6.45) is 0.929. The highest BCUT2D eigenvalue weighted by Crippen LogP contribution is 2.28. The molecule has 1 aliphatic heterocycles. The van der Waals surface area contributed by atoms with Crippen molar-refractivity contribution in [1.29, 1.82) is 0 Å². The summed E-state index contributed by atoms with van der Waals surface area (Å²) in [5, 5.41) is 0. The zero-order valence-electron chi connectivity index (χ0n) is 18.8. The molecule has 0 atom stereocenters. The fourth-order valence-corrected chi connectivity index (χ4v) is 4.75. The number of carbonyl (C=O) groups is 1. The van der Waals surface area contributed by atoms with E-state index in [1.807, 2.05) is 19.1 Å². The number of ether oxygens (including phenoxy) is 5. The Morgan fingerprint density at radius 1 is 0.970 bits per heavy atom. The predicted molar refractivity (Wildman–Crippen MR) is 121 cm³/mol. The number of rotatable bonds is 11. The van der Waals surface area contributed by atoms with E-state index in [0.29, 0.717) is 25.6 Å². The molecule has 2 aromatic rings. The number of benzene rings is 2. The van der Waals surface area contributed by atoms with Crippen LogP contribution in [0.2, 0.25) is 0 Å². The summed E-state index contributed by atoms with van der Waals surface area (Å²) in [6.45, 7) is 3.95.